The first-order valence-electron chi connectivity index (χ1n) is 7.26. The summed E-state index contributed by atoms with van der Waals surface area (Å²) >= 11 is 3.82. The van der Waals surface area contributed by atoms with Gasteiger partial charge in [0.25, 0.3) is 5.91 Å². The SMILES string of the molecule is O=C(NCCOc1ccc(-c2cccs2)nn1)c1ccc(I)cc1. The predicted octanol–water partition coefficient (Wildman–Crippen LogP) is 3.62. The maximum absolute atomic E-state index is 11.9. The Morgan fingerprint density at radius 3 is 2.62 bits per heavy atom. The number of thiophene rings is 1. The van der Waals surface area contributed by atoms with Crippen molar-refractivity contribution >= 4 is 39.8 Å². The summed E-state index contributed by atoms with van der Waals surface area (Å²) in [6, 6.07) is 15.0. The topological polar surface area (TPSA) is 64.1 Å². The summed E-state index contributed by atoms with van der Waals surface area (Å²) in [6.07, 6.45) is 0. The molecule has 0 fully saturated rings. The number of halogens is 1. The van der Waals surface area contributed by atoms with E-state index in [9.17, 15) is 4.79 Å². The minimum Gasteiger partial charge on any atom is -0.475 e. The van der Waals surface area contributed by atoms with Gasteiger partial charge in [-0.3, -0.25) is 4.79 Å². The van der Waals surface area contributed by atoms with Gasteiger partial charge in [-0.15, -0.1) is 21.5 Å². The van der Waals surface area contributed by atoms with Crippen molar-refractivity contribution in [3.05, 3.63) is 63.0 Å². The maximum atomic E-state index is 11.9. The van der Waals surface area contributed by atoms with Crippen molar-refractivity contribution in [2.24, 2.45) is 0 Å². The fraction of sp³-hybridized carbons (Fsp3) is 0.118. The Bertz CT molecular complexity index is 790. The van der Waals surface area contributed by atoms with Gasteiger partial charge in [-0.25, -0.2) is 0 Å². The van der Waals surface area contributed by atoms with E-state index in [0.29, 0.717) is 24.6 Å². The summed E-state index contributed by atoms with van der Waals surface area (Å²) in [6.45, 7) is 0.738. The van der Waals surface area contributed by atoms with Gasteiger partial charge in [0.2, 0.25) is 5.88 Å². The van der Waals surface area contributed by atoms with Gasteiger partial charge in [-0.1, -0.05) is 6.07 Å². The highest BCUT2D eigenvalue weighted by Gasteiger charge is 2.05. The number of benzene rings is 1. The molecule has 0 saturated heterocycles. The maximum Gasteiger partial charge on any atom is 0.251 e. The number of carbonyl (C=O) groups excluding carboxylic acids is 1. The molecule has 3 aromatic rings. The third-order valence-corrected chi connectivity index (χ3v) is 4.77. The molecule has 0 unspecified atom stereocenters. The highest BCUT2D eigenvalue weighted by molar-refractivity contribution is 14.1. The third kappa shape index (κ3) is 4.51. The molecule has 0 atom stereocenters. The van der Waals surface area contributed by atoms with E-state index in [1.807, 2.05) is 35.7 Å². The summed E-state index contributed by atoms with van der Waals surface area (Å²) in [5.41, 5.74) is 1.46. The quantitative estimate of drug-likeness (QED) is 0.460. The monoisotopic (exact) mass is 451 g/mol. The third-order valence-electron chi connectivity index (χ3n) is 3.16. The molecule has 0 radical (unpaired) electrons. The molecule has 0 aliphatic heterocycles. The molecular weight excluding hydrogens is 437 g/mol. The first kappa shape index (κ1) is 16.8. The number of carbonyl (C=O) groups is 1. The molecule has 2 heterocycles. The van der Waals surface area contributed by atoms with Gasteiger partial charge in [-0.05, 0) is 64.4 Å². The molecule has 24 heavy (non-hydrogen) atoms. The molecule has 0 aliphatic rings. The highest BCUT2D eigenvalue weighted by atomic mass is 127. The Morgan fingerprint density at radius 2 is 1.96 bits per heavy atom. The first-order valence-corrected chi connectivity index (χ1v) is 9.22. The Hall–Kier alpha value is -2.00. The minimum atomic E-state index is -0.117. The lowest BCUT2D eigenvalue weighted by Gasteiger charge is -2.07. The number of nitrogens with zero attached hydrogens (tertiary/aromatic N) is 2. The molecule has 2 aromatic heterocycles. The van der Waals surface area contributed by atoms with E-state index < -0.39 is 0 Å². The molecule has 7 heteroatoms. The lowest BCUT2D eigenvalue weighted by atomic mass is 10.2. The van der Waals surface area contributed by atoms with Crippen LogP contribution in [-0.4, -0.2) is 29.3 Å². The van der Waals surface area contributed by atoms with Crippen molar-refractivity contribution in [1.29, 1.82) is 0 Å². The van der Waals surface area contributed by atoms with Crippen LogP contribution < -0.4 is 10.1 Å². The van der Waals surface area contributed by atoms with E-state index in [1.165, 1.54) is 0 Å². The van der Waals surface area contributed by atoms with Gasteiger partial charge in [0.05, 0.1) is 11.4 Å². The van der Waals surface area contributed by atoms with Crippen LogP contribution in [-0.2, 0) is 0 Å². The van der Waals surface area contributed by atoms with Crippen LogP contribution in [0.2, 0.25) is 0 Å². The molecular formula is C17H14IN3O2S. The summed E-state index contributed by atoms with van der Waals surface area (Å²) in [5.74, 6) is 0.327. The number of nitrogens with one attached hydrogen (secondary N) is 1. The molecule has 122 valence electrons. The van der Waals surface area contributed by atoms with Crippen LogP contribution in [0.1, 0.15) is 10.4 Å². The van der Waals surface area contributed by atoms with Crippen LogP contribution in [0.4, 0.5) is 0 Å². The van der Waals surface area contributed by atoms with Gasteiger partial charge >= 0.3 is 0 Å². The van der Waals surface area contributed by atoms with Crippen LogP contribution in [0.3, 0.4) is 0 Å². The van der Waals surface area contributed by atoms with Gasteiger partial charge in [0.15, 0.2) is 0 Å². The molecule has 1 aromatic carbocycles. The lowest BCUT2D eigenvalue weighted by Crippen LogP contribution is -2.28. The van der Waals surface area contributed by atoms with Crippen LogP contribution in [0, 0.1) is 3.57 Å². The van der Waals surface area contributed by atoms with E-state index in [-0.39, 0.29) is 5.91 Å². The Labute approximate surface area is 157 Å². The van der Waals surface area contributed by atoms with Crippen LogP contribution >= 0.6 is 33.9 Å². The first-order chi connectivity index (χ1) is 11.7. The molecule has 1 amide bonds. The number of rotatable bonds is 6. The van der Waals surface area contributed by atoms with E-state index in [4.69, 9.17) is 4.74 Å². The van der Waals surface area contributed by atoms with Crippen molar-refractivity contribution in [2.45, 2.75) is 0 Å². The van der Waals surface area contributed by atoms with Gasteiger partial charge < -0.3 is 10.1 Å². The van der Waals surface area contributed by atoms with Crippen LogP contribution in [0.15, 0.2) is 53.9 Å². The summed E-state index contributed by atoms with van der Waals surface area (Å²) < 4.78 is 6.59. The second kappa shape index (κ2) is 8.20. The largest absolute Gasteiger partial charge is 0.475 e. The van der Waals surface area contributed by atoms with E-state index >= 15 is 0 Å². The van der Waals surface area contributed by atoms with Gasteiger partial charge in [0.1, 0.15) is 12.3 Å². The number of aromatic nitrogens is 2. The number of amides is 1. The van der Waals surface area contributed by atoms with Gasteiger partial charge in [0, 0.05) is 15.2 Å². The van der Waals surface area contributed by atoms with Crippen molar-refractivity contribution in [3.63, 3.8) is 0 Å². The number of hydrogen-bond donors (Lipinski definition) is 1. The Morgan fingerprint density at radius 1 is 1.12 bits per heavy atom. The van der Waals surface area contributed by atoms with Crippen LogP contribution in [0.25, 0.3) is 10.6 Å². The fourth-order valence-corrected chi connectivity index (χ4v) is 3.03. The zero-order chi connectivity index (χ0) is 16.8. The van der Waals surface area contributed by atoms with Gasteiger partial charge in [-0.2, -0.15) is 0 Å². The van der Waals surface area contributed by atoms with Crippen molar-refractivity contribution in [2.75, 3.05) is 13.2 Å². The molecule has 3 rings (SSSR count). The molecule has 0 aliphatic carbocycles. The van der Waals surface area contributed by atoms with Crippen molar-refractivity contribution in [1.82, 2.24) is 15.5 Å². The van der Waals surface area contributed by atoms with Crippen molar-refractivity contribution in [3.8, 4) is 16.5 Å². The second-order valence-corrected chi connectivity index (χ2v) is 7.04. The molecule has 0 saturated carbocycles. The standard InChI is InChI=1S/C17H14IN3O2S/c18-13-5-3-12(4-6-13)17(22)19-9-10-23-16-8-7-14(20-21-16)15-2-1-11-24-15/h1-8,11H,9-10H2,(H,19,22). The zero-order valence-electron chi connectivity index (χ0n) is 12.6. The number of ether oxygens (including phenoxy) is 1. The van der Waals surface area contributed by atoms with Crippen LogP contribution in [0.5, 0.6) is 5.88 Å². The van der Waals surface area contributed by atoms with E-state index in [1.54, 1.807) is 29.5 Å². The summed E-state index contributed by atoms with van der Waals surface area (Å²) in [4.78, 5) is 13.0. The Balaban J connectivity index is 1.45. The molecule has 0 spiro atoms. The highest BCUT2D eigenvalue weighted by Crippen LogP contribution is 2.22. The smallest absolute Gasteiger partial charge is 0.251 e. The predicted molar refractivity (Wildman–Crippen MR) is 102 cm³/mol. The fourth-order valence-electron chi connectivity index (χ4n) is 1.98. The van der Waals surface area contributed by atoms with E-state index in [0.717, 1.165) is 14.1 Å². The van der Waals surface area contributed by atoms with Crippen molar-refractivity contribution < 1.29 is 9.53 Å². The molecule has 0 bridgehead atoms. The molecule has 5 nitrogen and oxygen atoms in total. The zero-order valence-corrected chi connectivity index (χ0v) is 15.6. The van der Waals surface area contributed by atoms with E-state index in [2.05, 4.69) is 38.1 Å². The average molecular weight is 451 g/mol. The lowest BCUT2D eigenvalue weighted by molar-refractivity contribution is 0.0946. The summed E-state index contributed by atoms with van der Waals surface area (Å²) in [5, 5.41) is 13.0. The molecule has 1 N–H and O–H groups in total. The normalized spacial score (nSPS) is 10.4. The summed E-state index contributed by atoms with van der Waals surface area (Å²) in [7, 11) is 0. The number of hydrogen-bond acceptors (Lipinski definition) is 5. The minimum absolute atomic E-state index is 0.117. The second-order valence-electron chi connectivity index (χ2n) is 4.85. The average Bonchev–Trinajstić information content (AvgIpc) is 3.14. The Kier molecular flexibility index (Phi) is 5.76.